The summed E-state index contributed by atoms with van der Waals surface area (Å²) >= 11 is 7.36. The second-order valence-corrected chi connectivity index (χ2v) is 8.32. The number of aliphatic hydroxyl groups is 1. The van der Waals surface area contributed by atoms with Crippen LogP contribution in [0.3, 0.4) is 0 Å². The van der Waals surface area contributed by atoms with Crippen molar-refractivity contribution in [2.75, 3.05) is 39.8 Å². The molecule has 3 rings (SSSR count). The van der Waals surface area contributed by atoms with Crippen LogP contribution in [0.4, 0.5) is 0 Å². The minimum Gasteiger partial charge on any atom is -0.386 e. The smallest absolute Gasteiger partial charge is 0.193 e. The maximum Gasteiger partial charge on any atom is 0.193 e. The number of nitrogens with one attached hydrogen (secondary N) is 1. The lowest BCUT2D eigenvalue weighted by Gasteiger charge is -2.32. The fourth-order valence-corrected chi connectivity index (χ4v) is 4.69. The number of halogens is 2. The Labute approximate surface area is 176 Å². The number of piperidine rings is 1. The summed E-state index contributed by atoms with van der Waals surface area (Å²) in [5.74, 6) is 0.885. The number of thiophene rings is 1. The number of rotatable bonds is 4. The lowest BCUT2D eigenvalue weighted by atomic mass is 10.1. The van der Waals surface area contributed by atoms with Crippen LogP contribution >= 0.6 is 46.9 Å². The highest BCUT2D eigenvalue weighted by Gasteiger charge is 2.30. The Kier molecular flexibility index (Phi) is 8.74. The maximum atomic E-state index is 10.3. The quantitative estimate of drug-likeness (QED) is 0.380. The Hall–Kier alpha value is -0.0900. The molecule has 2 fully saturated rings. The average Bonchev–Trinajstić information content (AvgIpc) is 3.25. The highest BCUT2D eigenvalue weighted by atomic mass is 127. The summed E-state index contributed by atoms with van der Waals surface area (Å²) in [6.07, 6.45) is 4.68. The lowest BCUT2D eigenvalue weighted by Crippen LogP contribution is -2.45. The van der Waals surface area contributed by atoms with Gasteiger partial charge in [-0.1, -0.05) is 18.0 Å². The molecule has 0 saturated carbocycles. The van der Waals surface area contributed by atoms with E-state index in [1.54, 1.807) is 0 Å². The first-order valence-corrected chi connectivity index (χ1v) is 10.00. The highest BCUT2D eigenvalue weighted by Crippen LogP contribution is 2.26. The van der Waals surface area contributed by atoms with E-state index in [0.29, 0.717) is 16.9 Å². The van der Waals surface area contributed by atoms with Gasteiger partial charge in [0.2, 0.25) is 0 Å². The second kappa shape index (κ2) is 10.3. The van der Waals surface area contributed by atoms with Crippen molar-refractivity contribution >= 4 is 52.9 Å². The highest BCUT2D eigenvalue weighted by molar-refractivity contribution is 14.0. The first-order chi connectivity index (χ1) is 11.7. The third-order valence-electron chi connectivity index (χ3n) is 4.96. The van der Waals surface area contributed by atoms with Gasteiger partial charge in [-0.2, -0.15) is 0 Å². The third-order valence-corrected chi connectivity index (χ3v) is 6.29. The summed E-state index contributed by atoms with van der Waals surface area (Å²) in [7, 11) is 1.81. The summed E-state index contributed by atoms with van der Waals surface area (Å²) in [5, 5.41) is 13.6. The van der Waals surface area contributed by atoms with Crippen molar-refractivity contribution in [3.8, 4) is 0 Å². The van der Waals surface area contributed by atoms with Crippen LogP contribution in [0.15, 0.2) is 17.1 Å². The van der Waals surface area contributed by atoms with Crippen LogP contribution < -0.4 is 5.32 Å². The SMILES string of the molecule is CN=C(NCC(O)c1ccc(Cl)s1)N1CCC(N2CCCCC2)C1.I. The third kappa shape index (κ3) is 5.69. The van der Waals surface area contributed by atoms with E-state index in [0.717, 1.165) is 23.9 Å². The van der Waals surface area contributed by atoms with Crippen LogP contribution in [0.25, 0.3) is 0 Å². The van der Waals surface area contributed by atoms with Crippen molar-refractivity contribution in [1.29, 1.82) is 0 Å². The first-order valence-electron chi connectivity index (χ1n) is 8.80. The monoisotopic (exact) mass is 498 g/mol. The molecular formula is C17H28ClIN4OS. The Balaban J connectivity index is 0.00000225. The molecule has 1 aromatic heterocycles. The van der Waals surface area contributed by atoms with Crippen molar-refractivity contribution in [2.24, 2.45) is 4.99 Å². The number of guanidine groups is 1. The van der Waals surface area contributed by atoms with E-state index < -0.39 is 6.10 Å². The molecule has 2 aliphatic rings. The van der Waals surface area contributed by atoms with Crippen molar-refractivity contribution in [1.82, 2.24) is 15.1 Å². The molecule has 0 amide bonds. The molecule has 2 aliphatic heterocycles. The van der Waals surface area contributed by atoms with E-state index in [1.165, 1.54) is 50.1 Å². The molecule has 1 aromatic rings. The summed E-state index contributed by atoms with van der Waals surface area (Å²) in [6.45, 7) is 4.99. The molecule has 2 N–H and O–H groups in total. The van der Waals surface area contributed by atoms with Crippen LogP contribution in [-0.4, -0.2) is 66.7 Å². The standard InChI is InChI=1S/C17H27ClN4OS.HI/c1-19-17(20-11-14(23)15-5-6-16(18)24-15)22-10-7-13(12-22)21-8-3-2-4-9-21;/h5-6,13-14,23H,2-4,7-12H2,1H3,(H,19,20);1H. The van der Waals surface area contributed by atoms with E-state index in [4.69, 9.17) is 11.6 Å². The van der Waals surface area contributed by atoms with Crippen LogP contribution in [0.5, 0.6) is 0 Å². The maximum absolute atomic E-state index is 10.3. The van der Waals surface area contributed by atoms with E-state index >= 15 is 0 Å². The van der Waals surface area contributed by atoms with E-state index in [-0.39, 0.29) is 24.0 Å². The lowest BCUT2D eigenvalue weighted by molar-refractivity contribution is 0.167. The van der Waals surface area contributed by atoms with Crippen molar-refractivity contribution in [3.63, 3.8) is 0 Å². The Morgan fingerprint density at radius 2 is 2.12 bits per heavy atom. The van der Waals surface area contributed by atoms with Gasteiger partial charge in [0.25, 0.3) is 0 Å². The van der Waals surface area contributed by atoms with Crippen LogP contribution in [-0.2, 0) is 0 Å². The molecule has 2 unspecified atom stereocenters. The van der Waals surface area contributed by atoms with Gasteiger partial charge < -0.3 is 15.3 Å². The number of likely N-dealkylation sites (tertiary alicyclic amines) is 2. The molecule has 0 spiro atoms. The van der Waals surface area contributed by atoms with Crippen LogP contribution in [0.1, 0.15) is 36.7 Å². The molecule has 142 valence electrons. The minimum atomic E-state index is -0.556. The summed E-state index contributed by atoms with van der Waals surface area (Å²) < 4.78 is 0.706. The molecule has 5 nitrogen and oxygen atoms in total. The van der Waals surface area contributed by atoms with Gasteiger partial charge in [0, 0.05) is 37.6 Å². The van der Waals surface area contributed by atoms with Gasteiger partial charge in [-0.3, -0.25) is 9.89 Å². The molecule has 3 heterocycles. The number of hydrogen-bond donors (Lipinski definition) is 2. The summed E-state index contributed by atoms with van der Waals surface area (Å²) in [5.41, 5.74) is 0. The zero-order chi connectivity index (χ0) is 16.9. The van der Waals surface area contributed by atoms with Gasteiger partial charge in [-0.25, -0.2) is 0 Å². The Morgan fingerprint density at radius 3 is 2.76 bits per heavy atom. The van der Waals surface area contributed by atoms with Gasteiger partial charge in [-0.15, -0.1) is 35.3 Å². The molecule has 2 atom stereocenters. The molecular weight excluding hydrogens is 471 g/mol. The minimum absolute atomic E-state index is 0. The van der Waals surface area contributed by atoms with Gasteiger partial charge in [0.05, 0.1) is 4.34 Å². The van der Waals surface area contributed by atoms with E-state index in [2.05, 4.69) is 20.1 Å². The first kappa shape index (κ1) is 21.2. The predicted molar refractivity (Wildman–Crippen MR) is 116 cm³/mol. The number of hydrogen-bond acceptors (Lipinski definition) is 4. The molecule has 8 heteroatoms. The van der Waals surface area contributed by atoms with Gasteiger partial charge in [0.15, 0.2) is 5.96 Å². The topological polar surface area (TPSA) is 51.1 Å². The molecule has 0 radical (unpaired) electrons. The fourth-order valence-electron chi connectivity index (χ4n) is 3.64. The molecule has 25 heavy (non-hydrogen) atoms. The predicted octanol–water partition coefficient (Wildman–Crippen LogP) is 3.19. The van der Waals surface area contributed by atoms with E-state index in [1.807, 2.05) is 19.2 Å². The van der Waals surface area contributed by atoms with Crippen molar-refractivity contribution in [2.45, 2.75) is 37.8 Å². The second-order valence-electron chi connectivity index (χ2n) is 6.57. The summed E-state index contributed by atoms with van der Waals surface area (Å²) in [4.78, 5) is 10.2. The molecule has 0 aliphatic carbocycles. The van der Waals surface area contributed by atoms with Crippen LogP contribution in [0, 0.1) is 0 Å². The van der Waals surface area contributed by atoms with Crippen molar-refractivity contribution in [3.05, 3.63) is 21.3 Å². The largest absolute Gasteiger partial charge is 0.386 e. The van der Waals surface area contributed by atoms with Gasteiger partial charge in [0.1, 0.15) is 6.10 Å². The average molecular weight is 499 g/mol. The summed E-state index contributed by atoms with van der Waals surface area (Å²) in [6, 6.07) is 4.35. The number of aliphatic hydroxyl groups excluding tert-OH is 1. The van der Waals surface area contributed by atoms with Crippen molar-refractivity contribution < 1.29 is 5.11 Å². The number of nitrogens with zero attached hydrogens (tertiary/aromatic N) is 3. The zero-order valence-corrected chi connectivity index (χ0v) is 18.6. The van der Waals surface area contributed by atoms with E-state index in [9.17, 15) is 5.11 Å². The van der Waals surface area contributed by atoms with Gasteiger partial charge in [-0.05, 0) is 44.5 Å². The number of aliphatic imine (C=N–C) groups is 1. The molecule has 0 aromatic carbocycles. The fraction of sp³-hybridized carbons (Fsp3) is 0.706. The normalized spacial score (nSPS) is 23.4. The zero-order valence-electron chi connectivity index (χ0n) is 14.7. The molecule has 0 bridgehead atoms. The molecule has 2 saturated heterocycles. The Morgan fingerprint density at radius 1 is 1.36 bits per heavy atom. The van der Waals surface area contributed by atoms with Gasteiger partial charge >= 0.3 is 0 Å². The van der Waals surface area contributed by atoms with Crippen LogP contribution in [0.2, 0.25) is 4.34 Å². The Bertz CT molecular complexity index is 565.